The summed E-state index contributed by atoms with van der Waals surface area (Å²) in [7, 11) is 1.28. The number of carbonyl (C=O) groups is 2. The molecule has 3 aromatic carbocycles. The van der Waals surface area contributed by atoms with Crippen molar-refractivity contribution in [2.75, 3.05) is 7.11 Å². The summed E-state index contributed by atoms with van der Waals surface area (Å²) in [4.78, 5) is 22.6. The molecule has 162 valence electrons. The van der Waals surface area contributed by atoms with E-state index in [4.69, 9.17) is 16.7 Å². The summed E-state index contributed by atoms with van der Waals surface area (Å²) in [5.41, 5.74) is 4.68. The summed E-state index contributed by atoms with van der Waals surface area (Å²) >= 11 is 6.49. The highest BCUT2D eigenvalue weighted by Gasteiger charge is 2.14. The van der Waals surface area contributed by atoms with Crippen LogP contribution in [0.15, 0.2) is 54.6 Å². The van der Waals surface area contributed by atoms with Gasteiger partial charge in [-0.25, -0.2) is 4.79 Å². The van der Waals surface area contributed by atoms with Gasteiger partial charge >= 0.3 is 11.9 Å². The third-order valence-corrected chi connectivity index (χ3v) is 5.54. The minimum absolute atomic E-state index is 0.00906. The Hall–Kier alpha value is -3.84. The fraction of sp³-hybridized carbons (Fsp3) is 0.125. The van der Waals surface area contributed by atoms with Gasteiger partial charge in [0.15, 0.2) is 0 Å². The number of aromatic hydroxyl groups is 1. The Morgan fingerprint density at radius 1 is 1.03 bits per heavy atom. The predicted octanol–water partition coefficient (Wildman–Crippen LogP) is 5.06. The van der Waals surface area contributed by atoms with E-state index in [1.54, 1.807) is 18.2 Å². The first kappa shape index (κ1) is 21.4. The number of nitrogens with zero attached hydrogens (tertiary/aromatic N) is 1. The molecule has 0 aliphatic heterocycles. The van der Waals surface area contributed by atoms with Gasteiger partial charge in [0, 0.05) is 22.9 Å². The molecule has 0 aliphatic rings. The number of nitrogens with one attached hydrogen (secondary N) is 1. The number of benzene rings is 3. The number of methoxy groups -OCH3 is 1. The van der Waals surface area contributed by atoms with E-state index in [1.165, 1.54) is 13.2 Å². The molecule has 1 heterocycles. The van der Waals surface area contributed by atoms with Gasteiger partial charge in [0.1, 0.15) is 5.75 Å². The van der Waals surface area contributed by atoms with E-state index in [9.17, 15) is 14.7 Å². The summed E-state index contributed by atoms with van der Waals surface area (Å²) < 4.78 is 4.67. The topological polar surface area (TPSA) is 113 Å². The lowest BCUT2D eigenvalue weighted by Crippen LogP contribution is -2.00. The number of carbonyl (C=O) groups excluding carboxylic acids is 1. The van der Waals surface area contributed by atoms with Gasteiger partial charge in [-0.3, -0.25) is 9.89 Å². The predicted molar refractivity (Wildman–Crippen MR) is 121 cm³/mol. The van der Waals surface area contributed by atoms with Gasteiger partial charge in [-0.15, -0.1) is 0 Å². The molecule has 0 bridgehead atoms. The first-order chi connectivity index (χ1) is 15.4. The number of hydrogen-bond donors (Lipinski definition) is 3. The van der Waals surface area contributed by atoms with Crippen molar-refractivity contribution < 1.29 is 24.5 Å². The number of aryl methyl sites for hydroxylation is 1. The average Bonchev–Trinajstić information content (AvgIpc) is 3.18. The van der Waals surface area contributed by atoms with Crippen molar-refractivity contribution in [2.24, 2.45) is 0 Å². The van der Waals surface area contributed by atoms with Crippen molar-refractivity contribution >= 4 is 34.4 Å². The third kappa shape index (κ3) is 4.15. The van der Waals surface area contributed by atoms with Crippen LogP contribution in [-0.2, 0) is 16.0 Å². The summed E-state index contributed by atoms with van der Waals surface area (Å²) in [5, 5.41) is 27.8. The van der Waals surface area contributed by atoms with Crippen molar-refractivity contribution in [3.8, 4) is 28.0 Å². The number of phenolic OH excluding ortho intramolecular Hbond substituents is 1. The number of rotatable bonds is 6. The molecule has 0 aliphatic carbocycles. The second-order valence-electron chi connectivity index (χ2n) is 7.24. The molecule has 7 nitrogen and oxygen atoms in total. The van der Waals surface area contributed by atoms with Gasteiger partial charge in [0.2, 0.25) is 0 Å². The van der Waals surface area contributed by atoms with Crippen LogP contribution in [0.3, 0.4) is 0 Å². The zero-order valence-electron chi connectivity index (χ0n) is 17.1. The molecule has 0 amide bonds. The number of fused-ring (bicyclic) bond motifs is 1. The normalized spacial score (nSPS) is 10.9. The first-order valence-corrected chi connectivity index (χ1v) is 10.2. The molecule has 0 saturated heterocycles. The number of hydrogen-bond acceptors (Lipinski definition) is 5. The molecule has 0 fully saturated rings. The van der Waals surface area contributed by atoms with Gasteiger partial charge in [-0.2, -0.15) is 5.10 Å². The van der Waals surface area contributed by atoms with Crippen LogP contribution < -0.4 is 0 Å². The molecule has 32 heavy (non-hydrogen) atoms. The summed E-state index contributed by atoms with van der Waals surface area (Å²) in [6, 6.07) is 15.8. The smallest absolute Gasteiger partial charge is 0.337 e. The van der Waals surface area contributed by atoms with Gasteiger partial charge in [-0.1, -0.05) is 35.9 Å². The minimum atomic E-state index is -0.881. The van der Waals surface area contributed by atoms with Gasteiger partial charge in [0.25, 0.3) is 0 Å². The molecule has 0 unspecified atom stereocenters. The van der Waals surface area contributed by atoms with E-state index in [0.717, 1.165) is 27.6 Å². The van der Waals surface area contributed by atoms with Gasteiger partial charge in [-0.05, 0) is 41.5 Å². The Morgan fingerprint density at radius 3 is 2.34 bits per heavy atom. The maximum absolute atomic E-state index is 11.6. The van der Waals surface area contributed by atoms with E-state index in [2.05, 4.69) is 14.9 Å². The number of aliphatic carboxylic acids is 1. The Labute approximate surface area is 188 Å². The molecule has 0 radical (unpaired) electrons. The van der Waals surface area contributed by atoms with Crippen molar-refractivity contribution in [1.82, 2.24) is 10.2 Å². The molecule has 4 aromatic rings. The number of H-pyrrole nitrogens is 1. The van der Waals surface area contributed by atoms with Crippen LogP contribution >= 0.6 is 11.6 Å². The summed E-state index contributed by atoms with van der Waals surface area (Å²) in [6.07, 6.45) is 0.307. The number of halogens is 1. The zero-order valence-corrected chi connectivity index (χ0v) is 17.8. The van der Waals surface area contributed by atoms with Crippen LogP contribution in [0.2, 0.25) is 5.02 Å². The number of aromatic nitrogens is 2. The number of aromatic amines is 1. The van der Waals surface area contributed by atoms with Crippen LogP contribution in [0, 0.1) is 0 Å². The lowest BCUT2D eigenvalue weighted by atomic mass is 9.97. The number of phenols is 1. The largest absolute Gasteiger partial charge is 0.507 e. The zero-order chi connectivity index (χ0) is 22.8. The van der Waals surface area contributed by atoms with Crippen LogP contribution in [0.5, 0.6) is 5.75 Å². The van der Waals surface area contributed by atoms with Crippen molar-refractivity contribution in [1.29, 1.82) is 0 Å². The quantitative estimate of drug-likeness (QED) is 0.354. The summed E-state index contributed by atoms with van der Waals surface area (Å²) in [5.74, 6) is -1.43. The SMILES string of the molecule is COC(=O)c1ccc(-c2ccc(-c3cc4c(CCC(=O)O)n[nH]c4cc3Cl)cc2)c(O)c1. The van der Waals surface area contributed by atoms with Crippen LogP contribution in [0.25, 0.3) is 33.2 Å². The maximum atomic E-state index is 11.6. The Morgan fingerprint density at radius 2 is 1.72 bits per heavy atom. The highest BCUT2D eigenvalue weighted by molar-refractivity contribution is 6.34. The van der Waals surface area contributed by atoms with Crippen molar-refractivity contribution in [3.63, 3.8) is 0 Å². The highest BCUT2D eigenvalue weighted by Crippen LogP contribution is 2.36. The fourth-order valence-electron chi connectivity index (χ4n) is 3.58. The molecule has 1 aromatic heterocycles. The summed E-state index contributed by atoms with van der Waals surface area (Å²) in [6.45, 7) is 0. The van der Waals surface area contributed by atoms with E-state index in [0.29, 0.717) is 22.7 Å². The van der Waals surface area contributed by atoms with E-state index >= 15 is 0 Å². The fourth-order valence-corrected chi connectivity index (χ4v) is 3.85. The van der Waals surface area contributed by atoms with Gasteiger partial charge < -0.3 is 14.9 Å². The molecule has 0 spiro atoms. The van der Waals surface area contributed by atoms with Crippen LogP contribution in [0.4, 0.5) is 0 Å². The number of ether oxygens (including phenoxy) is 1. The van der Waals surface area contributed by atoms with Crippen molar-refractivity contribution in [3.05, 3.63) is 70.9 Å². The molecular formula is C24H19ClN2O5. The first-order valence-electron chi connectivity index (χ1n) is 9.78. The Kier molecular flexibility index (Phi) is 5.83. The second-order valence-corrected chi connectivity index (χ2v) is 7.65. The highest BCUT2D eigenvalue weighted by atomic mass is 35.5. The second kappa shape index (κ2) is 8.72. The van der Waals surface area contributed by atoms with E-state index in [-0.39, 0.29) is 17.7 Å². The lowest BCUT2D eigenvalue weighted by molar-refractivity contribution is -0.136. The van der Waals surface area contributed by atoms with E-state index in [1.807, 2.05) is 30.3 Å². The number of carboxylic acids is 1. The Bertz CT molecular complexity index is 1330. The molecule has 4 rings (SSSR count). The number of carboxylic acid groups (broad SMARTS) is 1. The van der Waals surface area contributed by atoms with Crippen LogP contribution in [0.1, 0.15) is 22.5 Å². The van der Waals surface area contributed by atoms with E-state index < -0.39 is 11.9 Å². The third-order valence-electron chi connectivity index (χ3n) is 5.23. The molecule has 3 N–H and O–H groups in total. The molecular weight excluding hydrogens is 432 g/mol. The monoisotopic (exact) mass is 450 g/mol. The Balaban J connectivity index is 1.67. The standard InChI is InChI=1S/C24H19ClN2O5/c1-32-24(31)15-6-7-16(22(28)10-15)13-2-4-14(5-3-13)17-11-18-20(8-9-23(29)30)26-27-21(18)12-19(17)25/h2-7,10-12,28H,8-9H2,1H3,(H,26,27)(H,29,30). The van der Waals surface area contributed by atoms with Gasteiger partial charge in [0.05, 0.1) is 35.3 Å². The van der Waals surface area contributed by atoms with Crippen molar-refractivity contribution in [2.45, 2.75) is 12.8 Å². The lowest BCUT2D eigenvalue weighted by Gasteiger charge is -2.10. The number of esters is 1. The molecule has 8 heteroatoms. The maximum Gasteiger partial charge on any atom is 0.337 e. The minimum Gasteiger partial charge on any atom is -0.507 e. The average molecular weight is 451 g/mol. The molecule has 0 saturated carbocycles. The van der Waals surface area contributed by atoms with Crippen LogP contribution in [-0.4, -0.2) is 39.5 Å². The molecule has 0 atom stereocenters.